The maximum absolute atomic E-state index is 12.6. The molecule has 1 aliphatic rings. The van der Waals surface area contributed by atoms with Crippen LogP contribution >= 0.6 is 0 Å². The van der Waals surface area contributed by atoms with Crippen molar-refractivity contribution < 1.29 is 4.39 Å². The van der Waals surface area contributed by atoms with Gasteiger partial charge in [0.1, 0.15) is 0 Å². The van der Waals surface area contributed by atoms with Crippen LogP contribution in [0.1, 0.15) is 25.3 Å². The largest absolute Gasteiger partial charge is 0.299 e. The minimum Gasteiger partial charge on any atom is -0.299 e. The smallest absolute Gasteiger partial charge is 0.212 e. The Bertz CT molecular complexity index is 302. The van der Waals surface area contributed by atoms with Gasteiger partial charge in [-0.1, -0.05) is 13.0 Å². The summed E-state index contributed by atoms with van der Waals surface area (Å²) in [6.45, 7) is 5.51. The molecule has 3 heteroatoms. The van der Waals surface area contributed by atoms with Gasteiger partial charge >= 0.3 is 0 Å². The lowest BCUT2D eigenvalue weighted by Crippen LogP contribution is -2.32. The van der Waals surface area contributed by atoms with E-state index in [1.54, 1.807) is 6.20 Å². The molecule has 0 atom stereocenters. The van der Waals surface area contributed by atoms with Gasteiger partial charge in [0.2, 0.25) is 5.95 Å². The second-order valence-corrected chi connectivity index (χ2v) is 4.45. The first-order valence-corrected chi connectivity index (χ1v) is 5.57. The molecule has 2 nitrogen and oxygen atoms in total. The Morgan fingerprint density at radius 3 is 2.73 bits per heavy atom. The molecular formula is C12H17FN2. The lowest BCUT2D eigenvalue weighted by atomic mass is 9.99. The Morgan fingerprint density at radius 1 is 1.40 bits per heavy atom. The number of piperidine rings is 1. The Hall–Kier alpha value is -0.960. The monoisotopic (exact) mass is 208 g/mol. The zero-order valence-electron chi connectivity index (χ0n) is 9.12. The van der Waals surface area contributed by atoms with Crippen molar-refractivity contribution in [2.75, 3.05) is 13.1 Å². The summed E-state index contributed by atoms with van der Waals surface area (Å²) in [7, 11) is 0. The average Bonchev–Trinajstić information content (AvgIpc) is 2.25. The van der Waals surface area contributed by atoms with E-state index in [1.165, 1.54) is 18.9 Å². The predicted octanol–water partition coefficient (Wildman–Crippen LogP) is 2.45. The van der Waals surface area contributed by atoms with E-state index in [2.05, 4.69) is 16.8 Å². The maximum atomic E-state index is 12.6. The SMILES string of the molecule is CC1CCN(Cc2ccc(F)nc2)CC1. The van der Waals surface area contributed by atoms with Gasteiger partial charge in [-0.15, -0.1) is 0 Å². The van der Waals surface area contributed by atoms with E-state index in [0.29, 0.717) is 0 Å². The van der Waals surface area contributed by atoms with Crippen LogP contribution in [0.25, 0.3) is 0 Å². The summed E-state index contributed by atoms with van der Waals surface area (Å²) >= 11 is 0. The second kappa shape index (κ2) is 4.71. The van der Waals surface area contributed by atoms with E-state index in [1.807, 2.05) is 6.07 Å². The third-order valence-corrected chi connectivity index (χ3v) is 3.07. The van der Waals surface area contributed by atoms with Crippen LogP contribution in [-0.4, -0.2) is 23.0 Å². The van der Waals surface area contributed by atoms with Crippen molar-refractivity contribution >= 4 is 0 Å². The van der Waals surface area contributed by atoms with Gasteiger partial charge in [-0.3, -0.25) is 4.90 Å². The molecule has 0 aromatic carbocycles. The van der Waals surface area contributed by atoms with Gasteiger partial charge in [0.05, 0.1) is 0 Å². The Morgan fingerprint density at radius 2 is 2.13 bits per heavy atom. The summed E-state index contributed by atoms with van der Waals surface area (Å²) < 4.78 is 12.6. The number of pyridine rings is 1. The maximum Gasteiger partial charge on any atom is 0.212 e. The van der Waals surface area contributed by atoms with Crippen molar-refractivity contribution in [3.05, 3.63) is 29.8 Å². The van der Waals surface area contributed by atoms with E-state index in [4.69, 9.17) is 0 Å². The minimum absolute atomic E-state index is 0.397. The molecule has 0 unspecified atom stereocenters. The normalized spacial score (nSPS) is 19.3. The molecule has 1 saturated heterocycles. The van der Waals surface area contributed by atoms with Crippen LogP contribution in [0.15, 0.2) is 18.3 Å². The highest BCUT2D eigenvalue weighted by atomic mass is 19.1. The number of hydrogen-bond acceptors (Lipinski definition) is 2. The third-order valence-electron chi connectivity index (χ3n) is 3.07. The highest BCUT2D eigenvalue weighted by Crippen LogP contribution is 2.17. The molecule has 0 bridgehead atoms. The Balaban J connectivity index is 1.89. The Kier molecular flexibility index (Phi) is 3.31. The van der Waals surface area contributed by atoms with E-state index in [-0.39, 0.29) is 0 Å². The van der Waals surface area contributed by atoms with Crippen LogP contribution in [-0.2, 0) is 6.54 Å². The highest BCUT2D eigenvalue weighted by Gasteiger charge is 2.15. The minimum atomic E-state index is -0.397. The first-order chi connectivity index (χ1) is 7.24. The number of halogens is 1. The van der Waals surface area contributed by atoms with Crippen LogP contribution in [0.4, 0.5) is 4.39 Å². The van der Waals surface area contributed by atoms with E-state index in [0.717, 1.165) is 31.1 Å². The summed E-state index contributed by atoms with van der Waals surface area (Å²) in [6.07, 6.45) is 4.18. The molecule has 82 valence electrons. The molecular weight excluding hydrogens is 191 g/mol. The number of aromatic nitrogens is 1. The topological polar surface area (TPSA) is 16.1 Å². The molecule has 0 amide bonds. The number of nitrogens with zero attached hydrogens (tertiary/aromatic N) is 2. The van der Waals surface area contributed by atoms with E-state index >= 15 is 0 Å². The molecule has 2 rings (SSSR count). The van der Waals surface area contributed by atoms with Crippen molar-refractivity contribution in [1.29, 1.82) is 0 Å². The zero-order valence-corrected chi connectivity index (χ0v) is 9.12. The molecule has 0 radical (unpaired) electrons. The first-order valence-electron chi connectivity index (χ1n) is 5.57. The lowest BCUT2D eigenvalue weighted by molar-refractivity contribution is 0.185. The lowest BCUT2D eigenvalue weighted by Gasteiger charge is -2.30. The summed E-state index contributed by atoms with van der Waals surface area (Å²) in [4.78, 5) is 6.08. The average molecular weight is 208 g/mol. The van der Waals surface area contributed by atoms with Crippen LogP contribution in [0, 0.1) is 11.9 Å². The number of hydrogen-bond donors (Lipinski definition) is 0. The molecule has 0 aliphatic carbocycles. The van der Waals surface area contributed by atoms with Crippen LogP contribution in [0.3, 0.4) is 0 Å². The van der Waals surface area contributed by atoms with Gasteiger partial charge < -0.3 is 0 Å². The number of rotatable bonds is 2. The van der Waals surface area contributed by atoms with Gasteiger partial charge in [0.15, 0.2) is 0 Å². The fourth-order valence-corrected chi connectivity index (χ4v) is 1.98. The zero-order chi connectivity index (χ0) is 10.7. The van der Waals surface area contributed by atoms with Gasteiger partial charge in [-0.2, -0.15) is 4.39 Å². The molecule has 0 spiro atoms. The molecule has 1 aromatic heterocycles. The van der Waals surface area contributed by atoms with E-state index < -0.39 is 5.95 Å². The third kappa shape index (κ3) is 2.99. The quantitative estimate of drug-likeness (QED) is 0.694. The van der Waals surface area contributed by atoms with Crippen LogP contribution in [0.5, 0.6) is 0 Å². The number of likely N-dealkylation sites (tertiary alicyclic amines) is 1. The second-order valence-electron chi connectivity index (χ2n) is 4.45. The van der Waals surface area contributed by atoms with Gasteiger partial charge in [0.25, 0.3) is 0 Å². The Labute approximate surface area is 90.1 Å². The summed E-state index contributed by atoms with van der Waals surface area (Å²) in [5.74, 6) is 0.457. The molecule has 1 aromatic rings. The van der Waals surface area contributed by atoms with Gasteiger partial charge in [0, 0.05) is 12.7 Å². The van der Waals surface area contributed by atoms with Crippen molar-refractivity contribution in [2.45, 2.75) is 26.3 Å². The highest BCUT2D eigenvalue weighted by molar-refractivity contribution is 5.09. The van der Waals surface area contributed by atoms with Crippen molar-refractivity contribution in [3.63, 3.8) is 0 Å². The molecule has 0 saturated carbocycles. The fraction of sp³-hybridized carbons (Fsp3) is 0.583. The predicted molar refractivity (Wildman–Crippen MR) is 57.9 cm³/mol. The van der Waals surface area contributed by atoms with Crippen LogP contribution in [0.2, 0.25) is 0 Å². The molecule has 0 N–H and O–H groups in total. The van der Waals surface area contributed by atoms with Crippen molar-refractivity contribution in [1.82, 2.24) is 9.88 Å². The molecule has 1 aliphatic heterocycles. The van der Waals surface area contributed by atoms with Crippen molar-refractivity contribution in [2.24, 2.45) is 5.92 Å². The fourth-order valence-electron chi connectivity index (χ4n) is 1.98. The van der Waals surface area contributed by atoms with Gasteiger partial charge in [-0.25, -0.2) is 4.98 Å². The molecule has 1 fully saturated rings. The molecule has 2 heterocycles. The van der Waals surface area contributed by atoms with E-state index in [9.17, 15) is 4.39 Å². The first kappa shape index (κ1) is 10.6. The molecule has 15 heavy (non-hydrogen) atoms. The standard InChI is InChI=1S/C12H17FN2/c1-10-4-6-15(7-5-10)9-11-2-3-12(13)14-8-11/h2-3,8,10H,4-7,9H2,1H3. The van der Waals surface area contributed by atoms with Gasteiger partial charge in [-0.05, 0) is 43.5 Å². The summed E-state index contributed by atoms with van der Waals surface area (Å²) in [5.41, 5.74) is 1.10. The van der Waals surface area contributed by atoms with Crippen molar-refractivity contribution in [3.8, 4) is 0 Å². The summed E-state index contributed by atoms with van der Waals surface area (Å²) in [6, 6.07) is 3.25. The summed E-state index contributed by atoms with van der Waals surface area (Å²) in [5, 5.41) is 0. The van der Waals surface area contributed by atoms with Crippen LogP contribution < -0.4 is 0 Å².